The van der Waals surface area contributed by atoms with Crippen molar-refractivity contribution in [3.8, 4) is 0 Å². The van der Waals surface area contributed by atoms with Gasteiger partial charge in [0.15, 0.2) is 5.65 Å². The van der Waals surface area contributed by atoms with Gasteiger partial charge in [-0.1, -0.05) is 20.8 Å². The Morgan fingerprint density at radius 3 is 2.93 bits per heavy atom. The number of hydrogen-bond acceptors (Lipinski definition) is 3. The molecule has 0 aliphatic carbocycles. The van der Waals surface area contributed by atoms with Crippen LogP contribution in [-0.2, 0) is 5.41 Å². The Morgan fingerprint density at radius 2 is 2.21 bits per heavy atom. The molecule has 2 heterocycles. The summed E-state index contributed by atoms with van der Waals surface area (Å²) in [6.07, 6.45) is 6.40. The maximum absolute atomic E-state index is 4.40. The van der Waals surface area contributed by atoms with Crippen LogP contribution in [0.3, 0.4) is 0 Å². The first-order valence-electron chi connectivity index (χ1n) is 4.80. The second-order valence-electron chi connectivity index (χ2n) is 4.06. The number of nitrogens with zero attached hydrogens (tertiary/aromatic N) is 4. The first-order valence-corrected chi connectivity index (χ1v) is 4.80. The van der Waals surface area contributed by atoms with E-state index < -0.39 is 0 Å². The molecule has 0 unspecified atom stereocenters. The van der Waals surface area contributed by atoms with Crippen LogP contribution in [0.1, 0.15) is 33.0 Å². The molecule has 4 heteroatoms. The molecular formula is C10H14N4. The van der Waals surface area contributed by atoms with Crippen molar-refractivity contribution in [2.45, 2.75) is 32.6 Å². The van der Waals surface area contributed by atoms with Crippen molar-refractivity contribution in [2.24, 2.45) is 0 Å². The van der Waals surface area contributed by atoms with Crippen LogP contribution >= 0.6 is 0 Å². The van der Waals surface area contributed by atoms with E-state index in [1.807, 2.05) is 10.6 Å². The molecule has 0 aliphatic heterocycles. The molecule has 74 valence electrons. The molecule has 2 aromatic heterocycles. The van der Waals surface area contributed by atoms with E-state index in [4.69, 9.17) is 0 Å². The highest BCUT2D eigenvalue weighted by atomic mass is 15.2. The first-order chi connectivity index (χ1) is 6.65. The van der Waals surface area contributed by atoms with Crippen molar-refractivity contribution in [3.05, 3.63) is 24.4 Å². The first kappa shape index (κ1) is 9.12. The van der Waals surface area contributed by atoms with Gasteiger partial charge >= 0.3 is 0 Å². The second kappa shape index (κ2) is 3.04. The number of aromatic nitrogens is 4. The minimum Gasteiger partial charge on any atom is -0.285 e. The van der Waals surface area contributed by atoms with E-state index in [9.17, 15) is 0 Å². The Balaban J connectivity index is 2.64. The van der Waals surface area contributed by atoms with E-state index >= 15 is 0 Å². The Bertz CT molecular complexity index is 444. The molecule has 0 saturated carbocycles. The van der Waals surface area contributed by atoms with Gasteiger partial charge in [-0.2, -0.15) is 5.10 Å². The van der Waals surface area contributed by atoms with Crippen LogP contribution in [0.5, 0.6) is 0 Å². The lowest BCUT2D eigenvalue weighted by molar-refractivity contribution is 0.470. The minimum absolute atomic E-state index is 0.0788. The molecule has 14 heavy (non-hydrogen) atoms. The molecule has 0 fully saturated rings. The largest absolute Gasteiger partial charge is 0.285 e. The predicted octanol–water partition coefficient (Wildman–Crippen LogP) is 1.81. The van der Waals surface area contributed by atoms with Gasteiger partial charge in [0.05, 0.1) is 12.4 Å². The van der Waals surface area contributed by atoms with Gasteiger partial charge in [-0.05, 0) is 6.42 Å². The average Bonchev–Trinajstić information content (AvgIpc) is 2.61. The van der Waals surface area contributed by atoms with Crippen LogP contribution in [-0.4, -0.2) is 19.6 Å². The molecule has 2 rings (SSSR count). The molecule has 0 atom stereocenters. The highest BCUT2D eigenvalue weighted by Gasteiger charge is 2.23. The third-order valence-corrected chi connectivity index (χ3v) is 2.71. The smallest absolute Gasteiger partial charge is 0.179 e. The monoisotopic (exact) mass is 190 g/mol. The number of fused-ring (bicyclic) bond motifs is 1. The van der Waals surface area contributed by atoms with Gasteiger partial charge in [-0.3, -0.25) is 4.40 Å². The molecule has 2 aromatic rings. The van der Waals surface area contributed by atoms with Gasteiger partial charge < -0.3 is 0 Å². The lowest BCUT2D eigenvalue weighted by Crippen LogP contribution is -2.19. The number of rotatable bonds is 2. The highest BCUT2D eigenvalue weighted by molar-refractivity contribution is 5.36. The third kappa shape index (κ3) is 1.27. The van der Waals surface area contributed by atoms with Crippen LogP contribution in [0, 0.1) is 0 Å². The van der Waals surface area contributed by atoms with Gasteiger partial charge in [-0.15, -0.1) is 5.10 Å². The molecule has 0 aromatic carbocycles. The Labute approximate surface area is 83.0 Å². The van der Waals surface area contributed by atoms with Crippen molar-refractivity contribution in [2.75, 3.05) is 0 Å². The molecule has 0 bridgehead atoms. The van der Waals surface area contributed by atoms with E-state index in [-0.39, 0.29) is 5.41 Å². The van der Waals surface area contributed by atoms with Crippen LogP contribution in [0.25, 0.3) is 5.65 Å². The van der Waals surface area contributed by atoms with Crippen LogP contribution < -0.4 is 0 Å². The number of imidazole rings is 1. The maximum atomic E-state index is 4.40. The summed E-state index contributed by atoms with van der Waals surface area (Å²) < 4.78 is 2.00. The summed E-state index contributed by atoms with van der Waals surface area (Å²) in [6.45, 7) is 6.53. The van der Waals surface area contributed by atoms with Gasteiger partial charge in [-0.25, -0.2) is 4.98 Å². The molecule has 0 amide bonds. The normalized spacial score (nSPS) is 12.2. The fourth-order valence-corrected chi connectivity index (χ4v) is 1.42. The zero-order chi connectivity index (χ0) is 10.2. The standard InChI is InChI=1S/C10H14N4/c1-4-10(2,3)9-11-7-8-13-12-5-6-14(8)9/h5-7H,4H2,1-3H3. The predicted molar refractivity (Wildman–Crippen MR) is 54.1 cm³/mol. The van der Waals surface area contributed by atoms with Crippen molar-refractivity contribution in [1.82, 2.24) is 19.6 Å². The zero-order valence-electron chi connectivity index (χ0n) is 8.73. The Morgan fingerprint density at radius 1 is 1.43 bits per heavy atom. The SMILES string of the molecule is CCC(C)(C)c1ncc2nnccn12. The molecule has 0 saturated heterocycles. The summed E-state index contributed by atoms with van der Waals surface area (Å²) in [5.74, 6) is 1.05. The van der Waals surface area contributed by atoms with Crippen molar-refractivity contribution in [1.29, 1.82) is 0 Å². The summed E-state index contributed by atoms with van der Waals surface area (Å²) in [4.78, 5) is 4.40. The van der Waals surface area contributed by atoms with Crippen LogP contribution in [0.4, 0.5) is 0 Å². The fourth-order valence-electron chi connectivity index (χ4n) is 1.42. The third-order valence-electron chi connectivity index (χ3n) is 2.71. The summed E-state index contributed by atoms with van der Waals surface area (Å²) in [6, 6.07) is 0. The Kier molecular flexibility index (Phi) is 1.98. The molecule has 0 radical (unpaired) electrons. The summed E-state index contributed by atoms with van der Waals surface area (Å²) >= 11 is 0. The maximum Gasteiger partial charge on any atom is 0.179 e. The van der Waals surface area contributed by atoms with Crippen LogP contribution in [0.2, 0.25) is 0 Å². The van der Waals surface area contributed by atoms with E-state index in [0.717, 1.165) is 17.9 Å². The van der Waals surface area contributed by atoms with Crippen molar-refractivity contribution < 1.29 is 0 Å². The molecule has 4 nitrogen and oxygen atoms in total. The quantitative estimate of drug-likeness (QED) is 0.725. The fraction of sp³-hybridized carbons (Fsp3) is 0.500. The van der Waals surface area contributed by atoms with Gasteiger partial charge in [0.25, 0.3) is 0 Å². The topological polar surface area (TPSA) is 43.1 Å². The second-order valence-corrected chi connectivity index (χ2v) is 4.06. The lowest BCUT2D eigenvalue weighted by Gasteiger charge is -2.20. The van der Waals surface area contributed by atoms with Gasteiger partial charge in [0.1, 0.15) is 5.82 Å². The number of hydrogen-bond donors (Lipinski definition) is 0. The molecule has 0 N–H and O–H groups in total. The van der Waals surface area contributed by atoms with Crippen LogP contribution in [0.15, 0.2) is 18.6 Å². The highest BCUT2D eigenvalue weighted by Crippen LogP contribution is 2.25. The van der Waals surface area contributed by atoms with Crippen molar-refractivity contribution >= 4 is 5.65 Å². The van der Waals surface area contributed by atoms with Gasteiger partial charge in [0.2, 0.25) is 0 Å². The van der Waals surface area contributed by atoms with Gasteiger partial charge in [0, 0.05) is 11.6 Å². The minimum atomic E-state index is 0.0788. The molecule has 0 spiro atoms. The summed E-state index contributed by atoms with van der Waals surface area (Å²) in [7, 11) is 0. The zero-order valence-corrected chi connectivity index (χ0v) is 8.73. The van der Waals surface area contributed by atoms with Crippen molar-refractivity contribution in [3.63, 3.8) is 0 Å². The van der Waals surface area contributed by atoms with E-state index in [2.05, 4.69) is 36.0 Å². The van der Waals surface area contributed by atoms with E-state index in [1.165, 1.54) is 0 Å². The summed E-state index contributed by atoms with van der Waals surface area (Å²) in [5.41, 5.74) is 0.888. The molecule has 0 aliphatic rings. The Hall–Kier alpha value is -1.45. The molecular weight excluding hydrogens is 176 g/mol. The summed E-state index contributed by atoms with van der Waals surface area (Å²) in [5, 5.41) is 7.82. The lowest BCUT2D eigenvalue weighted by atomic mass is 9.89. The average molecular weight is 190 g/mol. The van der Waals surface area contributed by atoms with E-state index in [0.29, 0.717) is 0 Å². The van der Waals surface area contributed by atoms with E-state index in [1.54, 1.807) is 12.4 Å².